The second kappa shape index (κ2) is 6.97. The molecule has 1 aliphatic heterocycles. The minimum absolute atomic E-state index is 0.0552. The molecule has 1 aliphatic carbocycles. The second-order valence-corrected chi connectivity index (χ2v) is 7.21. The summed E-state index contributed by atoms with van der Waals surface area (Å²) in [6.07, 6.45) is 7.06. The SMILES string of the molecule is COCC(=O)NC1(CC2CC2)CCN(C(=O)c2cccn2C)CC1. The minimum Gasteiger partial charge on any atom is -0.375 e. The average molecular weight is 333 g/mol. The summed E-state index contributed by atoms with van der Waals surface area (Å²) >= 11 is 0. The van der Waals surface area contributed by atoms with Crippen molar-refractivity contribution in [2.75, 3.05) is 26.8 Å². The molecule has 0 radical (unpaired) electrons. The van der Waals surface area contributed by atoms with Crippen LogP contribution in [0.2, 0.25) is 0 Å². The number of nitrogens with one attached hydrogen (secondary N) is 1. The smallest absolute Gasteiger partial charge is 0.270 e. The van der Waals surface area contributed by atoms with E-state index in [0.29, 0.717) is 18.8 Å². The number of hydrogen-bond acceptors (Lipinski definition) is 3. The Hall–Kier alpha value is -1.82. The number of piperidine rings is 1. The first-order valence-corrected chi connectivity index (χ1v) is 8.73. The monoisotopic (exact) mass is 333 g/mol. The van der Waals surface area contributed by atoms with Gasteiger partial charge in [0.15, 0.2) is 0 Å². The predicted octanol–water partition coefficient (Wildman–Crippen LogP) is 1.56. The van der Waals surface area contributed by atoms with Crippen molar-refractivity contribution < 1.29 is 14.3 Å². The van der Waals surface area contributed by atoms with E-state index in [1.54, 1.807) is 0 Å². The number of nitrogens with zero attached hydrogens (tertiary/aromatic N) is 2. The fraction of sp³-hybridized carbons (Fsp3) is 0.667. The fourth-order valence-electron chi connectivity index (χ4n) is 3.70. The fourth-order valence-corrected chi connectivity index (χ4v) is 3.70. The Morgan fingerprint density at radius 1 is 1.33 bits per heavy atom. The lowest BCUT2D eigenvalue weighted by Gasteiger charge is -2.42. The van der Waals surface area contributed by atoms with Crippen molar-refractivity contribution in [1.29, 1.82) is 0 Å². The molecule has 1 saturated heterocycles. The van der Waals surface area contributed by atoms with Gasteiger partial charge >= 0.3 is 0 Å². The van der Waals surface area contributed by atoms with Crippen LogP contribution in [-0.2, 0) is 16.6 Å². The third-order valence-electron chi connectivity index (χ3n) is 5.23. The lowest BCUT2D eigenvalue weighted by Crippen LogP contribution is -2.57. The number of amides is 2. The Morgan fingerprint density at radius 3 is 2.58 bits per heavy atom. The van der Waals surface area contributed by atoms with Crippen LogP contribution in [0.25, 0.3) is 0 Å². The van der Waals surface area contributed by atoms with E-state index in [1.165, 1.54) is 20.0 Å². The van der Waals surface area contributed by atoms with Gasteiger partial charge in [0.05, 0.1) is 0 Å². The van der Waals surface area contributed by atoms with Gasteiger partial charge in [0.2, 0.25) is 5.91 Å². The van der Waals surface area contributed by atoms with Crippen LogP contribution in [0.1, 0.15) is 42.6 Å². The summed E-state index contributed by atoms with van der Waals surface area (Å²) < 4.78 is 6.81. The van der Waals surface area contributed by atoms with E-state index in [9.17, 15) is 9.59 Å². The Kier molecular flexibility index (Phi) is 4.94. The zero-order valence-electron chi connectivity index (χ0n) is 14.6. The van der Waals surface area contributed by atoms with Gasteiger partial charge in [-0.1, -0.05) is 12.8 Å². The lowest BCUT2D eigenvalue weighted by atomic mass is 9.82. The molecular weight excluding hydrogens is 306 g/mol. The van der Waals surface area contributed by atoms with Crippen LogP contribution in [-0.4, -0.2) is 53.6 Å². The second-order valence-electron chi connectivity index (χ2n) is 7.21. The molecule has 6 heteroatoms. The van der Waals surface area contributed by atoms with E-state index in [4.69, 9.17) is 4.74 Å². The molecular formula is C18H27N3O3. The van der Waals surface area contributed by atoms with E-state index in [1.807, 2.05) is 34.8 Å². The van der Waals surface area contributed by atoms with Crippen molar-refractivity contribution in [3.8, 4) is 0 Å². The zero-order chi connectivity index (χ0) is 17.2. The number of carbonyl (C=O) groups excluding carboxylic acids is 2. The van der Waals surface area contributed by atoms with Gasteiger partial charge in [0.25, 0.3) is 5.91 Å². The third-order valence-corrected chi connectivity index (χ3v) is 5.23. The van der Waals surface area contributed by atoms with Crippen LogP contribution in [0.3, 0.4) is 0 Å². The number of rotatable bonds is 6. The first-order valence-electron chi connectivity index (χ1n) is 8.73. The molecule has 2 aliphatic rings. The highest BCUT2D eigenvalue weighted by atomic mass is 16.5. The number of aryl methyl sites for hydroxylation is 1. The van der Waals surface area contributed by atoms with Gasteiger partial charge < -0.3 is 19.5 Å². The quantitative estimate of drug-likeness (QED) is 0.859. The molecule has 0 atom stereocenters. The highest BCUT2D eigenvalue weighted by molar-refractivity contribution is 5.92. The molecule has 0 unspecified atom stereocenters. The third kappa shape index (κ3) is 3.80. The molecule has 6 nitrogen and oxygen atoms in total. The summed E-state index contributed by atoms with van der Waals surface area (Å²) in [6, 6.07) is 3.74. The van der Waals surface area contributed by atoms with Gasteiger partial charge in [0.1, 0.15) is 12.3 Å². The number of methoxy groups -OCH3 is 1. The number of carbonyl (C=O) groups is 2. The molecule has 2 fully saturated rings. The van der Waals surface area contributed by atoms with E-state index in [2.05, 4.69) is 5.32 Å². The Balaban J connectivity index is 1.64. The normalized spacial score (nSPS) is 20.0. The maximum Gasteiger partial charge on any atom is 0.270 e. The molecule has 1 aromatic heterocycles. The van der Waals surface area contributed by atoms with Crippen LogP contribution < -0.4 is 5.32 Å². The molecule has 3 rings (SSSR count). The summed E-state index contributed by atoms with van der Waals surface area (Å²) in [4.78, 5) is 26.6. The van der Waals surface area contributed by atoms with Gasteiger partial charge in [-0.2, -0.15) is 0 Å². The molecule has 1 N–H and O–H groups in total. The zero-order valence-corrected chi connectivity index (χ0v) is 14.6. The standard InChI is InChI=1S/C18H27N3O3/c1-20-9-3-4-15(20)17(23)21-10-7-18(8-11-21,12-14-5-6-14)19-16(22)13-24-2/h3-4,9,14H,5-8,10-13H2,1-2H3,(H,19,22). The van der Waals surface area contributed by atoms with Crippen LogP contribution in [0.5, 0.6) is 0 Å². The number of hydrogen-bond donors (Lipinski definition) is 1. The first-order chi connectivity index (χ1) is 11.5. The van der Waals surface area contributed by atoms with Gasteiger partial charge in [-0.3, -0.25) is 9.59 Å². The summed E-state index contributed by atoms with van der Waals surface area (Å²) in [7, 11) is 3.42. The van der Waals surface area contributed by atoms with E-state index in [-0.39, 0.29) is 24.0 Å². The van der Waals surface area contributed by atoms with Crippen LogP contribution >= 0.6 is 0 Å². The van der Waals surface area contributed by atoms with Crippen molar-refractivity contribution in [2.45, 2.75) is 37.6 Å². The van der Waals surface area contributed by atoms with E-state index < -0.39 is 0 Å². The molecule has 2 heterocycles. The molecule has 0 spiro atoms. The highest BCUT2D eigenvalue weighted by Crippen LogP contribution is 2.40. The van der Waals surface area contributed by atoms with Crippen molar-refractivity contribution in [3.05, 3.63) is 24.0 Å². The maximum absolute atomic E-state index is 12.6. The number of likely N-dealkylation sites (tertiary alicyclic amines) is 1. The lowest BCUT2D eigenvalue weighted by molar-refractivity contribution is -0.127. The minimum atomic E-state index is -0.179. The Bertz CT molecular complexity index is 598. The van der Waals surface area contributed by atoms with Crippen molar-refractivity contribution in [2.24, 2.45) is 13.0 Å². The molecule has 1 aromatic rings. The molecule has 2 amide bonds. The molecule has 132 valence electrons. The van der Waals surface area contributed by atoms with Crippen molar-refractivity contribution in [1.82, 2.24) is 14.8 Å². The molecule has 24 heavy (non-hydrogen) atoms. The van der Waals surface area contributed by atoms with E-state index >= 15 is 0 Å². The summed E-state index contributed by atoms with van der Waals surface area (Å²) in [5.41, 5.74) is 0.537. The van der Waals surface area contributed by atoms with Gasteiger partial charge in [-0.25, -0.2) is 0 Å². The number of aromatic nitrogens is 1. The molecule has 0 aromatic carbocycles. The van der Waals surface area contributed by atoms with Crippen LogP contribution in [0.4, 0.5) is 0 Å². The van der Waals surface area contributed by atoms with Gasteiger partial charge in [0, 0.05) is 39.0 Å². The predicted molar refractivity (Wildman–Crippen MR) is 90.6 cm³/mol. The Morgan fingerprint density at radius 2 is 2.04 bits per heavy atom. The van der Waals surface area contributed by atoms with Gasteiger partial charge in [-0.05, 0) is 37.3 Å². The summed E-state index contributed by atoms with van der Waals surface area (Å²) in [6.45, 7) is 1.46. The van der Waals surface area contributed by atoms with Crippen molar-refractivity contribution in [3.63, 3.8) is 0 Å². The summed E-state index contributed by atoms with van der Waals surface area (Å²) in [5.74, 6) is 0.745. The topological polar surface area (TPSA) is 63.6 Å². The van der Waals surface area contributed by atoms with Gasteiger partial charge in [-0.15, -0.1) is 0 Å². The molecule has 1 saturated carbocycles. The van der Waals surface area contributed by atoms with Crippen LogP contribution in [0.15, 0.2) is 18.3 Å². The molecule has 0 bridgehead atoms. The largest absolute Gasteiger partial charge is 0.375 e. The first kappa shape index (κ1) is 17.0. The highest BCUT2D eigenvalue weighted by Gasteiger charge is 2.41. The Labute approximate surface area is 143 Å². The average Bonchev–Trinajstić information content (AvgIpc) is 3.25. The van der Waals surface area contributed by atoms with Crippen LogP contribution in [0, 0.1) is 5.92 Å². The van der Waals surface area contributed by atoms with Crippen molar-refractivity contribution >= 4 is 11.8 Å². The number of ether oxygens (including phenoxy) is 1. The summed E-state index contributed by atoms with van der Waals surface area (Å²) in [5, 5.41) is 3.20. The van der Waals surface area contributed by atoms with E-state index in [0.717, 1.165) is 25.2 Å². The maximum atomic E-state index is 12.6.